The molecular weight excluding hydrogens is 495 g/mol. The van der Waals surface area contributed by atoms with Crippen LogP contribution in [-0.2, 0) is 6.42 Å². The summed E-state index contributed by atoms with van der Waals surface area (Å²) in [5, 5.41) is 4.33. The first-order valence-electron chi connectivity index (χ1n) is 13.4. The second-order valence-electron chi connectivity index (χ2n) is 8.61. The molecule has 1 aliphatic carbocycles. The number of nitrogens with zero attached hydrogens (tertiary/aromatic N) is 3. The maximum Gasteiger partial charge on any atom is 0.141 e. The molecule has 3 aromatic rings. The van der Waals surface area contributed by atoms with Crippen molar-refractivity contribution in [3.8, 4) is 12.8 Å². The van der Waals surface area contributed by atoms with Crippen LogP contribution in [0.1, 0.15) is 64.5 Å². The molecule has 1 saturated carbocycles. The quantitative estimate of drug-likeness (QED) is 0.258. The Balaban J connectivity index is 0.00000157. The van der Waals surface area contributed by atoms with E-state index in [4.69, 9.17) is 11.6 Å². The predicted molar refractivity (Wildman–Crippen MR) is 166 cm³/mol. The second kappa shape index (κ2) is 19.2. The van der Waals surface area contributed by atoms with E-state index in [0.717, 1.165) is 17.3 Å². The largest absolute Gasteiger partial charge is 0.340 e. The number of fused-ring (bicyclic) bond motifs is 1. The minimum atomic E-state index is -0.434. The zero-order valence-electron chi connectivity index (χ0n) is 24.3. The summed E-state index contributed by atoms with van der Waals surface area (Å²) in [7, 11) is 4.36. The highest BCUT2D eigenvalue weighted by Gasteiger charge is 2.23. The van der Waals surface area contributed by atoms with Crippen LogP contribution >= 0.6 is 11.6 Å². The fourth-order valence-electron chi connectivity index (χ4n) is 4.46. The predicted octanol–water partition coefficient (Wildman–Crippen LogP) is 9.24. The van der Waals surface area contributed by atoms with Crippen molar-refractivity contribution < 1.29 is 4.39 Å². The molecule has 1 heterocycles. The summed E-state index contributed by atoms with van der Waals surface area (Å²) in [6.45, 7) is 16.2. The van der Waals surface area contributed by atoms with Gasteiger partial charge in [0.1, 0.15) is 18.0 Å². The van der Waals surface area contributed by atoms with Gasteiger partial charge in [0.05, 0.1) is 10.5 Å². The maximum absolute atomic E-state index is 13.5. The lowest BCUT2D eigenvalue weighted by molar-refractivity contribution is 0.193. The Morgan fingerprint density at radius 2 is 1.61 bits per heavy atom. The lowest BCUT2D eigenvalue weighted by atomic mass is 9.81. The van der Waals surface area contributed by atoms with Gasteiger partial charge in [0, 0.05) is 17.1 Å². The molecule has 6 heteroatoms. The second-order valence-corrected chi connectivity index (χ2v) is 9.02. The molecule has 0 saturated heterocycles. The summed E-state index contributed by atoms with van der Waals surface area (Å²) in [4.78, 5) is 11.2. The van der Waals surface area contributed by atoms with Crippen LogP contribution in [0.15, 0.2) is 49.8 Å². The third-order valence-corrected chi connectivity index (χ3v) is 6.62. The molecule has 2 aromatic carbocycles. The number of terminal acetylenes is 1. The maximum atomic E-state index is 13.5. The van der Waals surface area contributed by atoms with Crippen molar-refractivity contribution in [1.29, 1.82) is 0 Å². The molecule has 0 aliphatic heterocycles. The molecule has 4 rings (SSSR count). The first-order valence-corrected chi connectivity index (χ1v) is 13.7. The van der Waals surface area contributed by atoms with E-state index in [-0.39, 0.29) is 5.02 Å². The highest BCUT2D eigenvalue weighted by atomic mass is 35.5. The van der Waals surface area contributed by atoms with Crippen molar-refractivity contribution in [2.24, 2.45) is 5.92 Å². The summed E-state index contributed by atoms with van der Waals surface area (Å²) in [5.41, 5.74) is 4.22. The average Bonchev–Trinajstić information content (AvgIpc) is 2.96. The Hall–Kier alpha value is -2.94. The molecule has 4 nitrogen and oxygen atoms in total. The first kappa shape index (κ1) is 35.1. The van der Waals surface area contributed by atoms with Crippen molar-refractivity contribution in [2.75, 3.05) is 19.4 Å². The van der Waals surface area contributed by atoms with E-state index in [1.165, 1.54) is 42.9 Å². The normalized spacial score (nSPS) is 15.8. The van der Waals surface area contributed by atoms with E-state index in [1.807, 2.05) is 27.7 Å². The number of nitrogens with one attached hydrogen (secondary N) is 1. The number of benzene rings is 2. The SMILES string of the molecule is C#C.C=C.CC.CC.Cc1cc2ncnc(Nc3ccc(F)c(Cl)c3)c2cc1CC1CCC(N(C)C)CC1. The smallest absolute Gasteiger partial charge is 0.141 e. The van der Waals surface area contributed by atoms with Crippen LogP contribution in [0, 0.1) is 31.5 Å². The van der Waals surface area contributed by atoms with Gasteiger partial charge in [0.2, 0.25) is 0 Å². The van der Waals surface area contributed by atoms with Gasteiger partial charge in [0.25, 0.3) is 0 Å². The molecule has 0 amide bonds. The van der Waals surface area contributed by atoms with Gasteiger partial charge >= 0.3 is 0 Å². The molecule has 1 fully saturated rings. The van der Waals surface area contributed by atoms with Gasteiger partial charge in [-0.05, 0) is 100 Å². The average molecular weight is 541 g/mol. The van der Waals surface area contributed by atoms with E-state index in [2.05, 4.69) is 79.3 Å². The molecule has 0 spiro atoms. The number of aromatic nitrogens is 2. The highest BCUT2D eigenvalue weighted by molar-refractivity contribution is 6.31. The lowest BCUT2D eigenvalue weighted by Gasteiger charge is -2.33. The Morgan fingerprint density at radius 3 is 2.16 bits per heavy atom. The van der Waals surface area contributed by atoms with E-state index in [9.17, 15) is 4.39 Å². The van der Waals surface area contributed by atoms with Crippen molar-refractivity contribution in [1.82, 2.24) is 14.9 Å². The lowest BCUT2D eigenvalue weighted by Crippen LogP contribution is -2.32. The first-order chi connectivity index (χ1) is 18.4. The third kappa shape index (κ3) is 10.1. The van der Waals surface area contributed by atoms with Crippen LogP contribution in [0.5, 0.6) is 0 Å². The van der Waals surface area contributed by atoms with Crippen LogP contribution in [0.4, 0.5) is 15.9 Å². The van der Waals surface area contributed by atoms with Crippen molar-refractivity contribution in [2.45, 2.75) is 72.8 Å². The summed E-state index contributed by atoms with van der Waals surface area (Å²) >= 11 is 5.93. The van der Waals surface area contributed by atoms with Gasteiger partial charge in [-0.15, -0.1) is 26.0 Å². The van der Waals surface area contributed by atoms with Gasteiger partial charge in [0.15, 0.2) is 0 Å². The number of rotatable bonds is 5. The third-order valence-electron chi connectivity index (χ3n) is 6.33. The zero-order chi connectivity index (χ0) is 29.3. The van der Waals surface area contributed by atoms with Crippen molar-refractivity contribution in [3.63, 3.8) is 0 Å². The van der Waals surface area contributed by atoms with Crippen molar-refractivity contribution in [3.05, 3.63) is 71.8 Å². The number of aryl methyl sites for hydroxylation is 1. The van der Waals surface area contributed by atoms with Crippen LogP contribution in [0.2, 0.25) is 5.02 Å². The summed E-state index contributed by atoms with van der Waals surface area (Å²) in [6, 6.07) is 9.66. The number of halogens is 2. The van der Waals surface area contributed by atoms with E-state index >= 15 is 0 Å². The van der Waals surface area contributed by atoms with Gasteiger partial charge < -0.3 is 10.2 Å². The van der Waals surface area contributed by atoms with Crippen LogP contribution in [0.3, 0.4) is 0 Å². The molecule has 38 heavy (non-hydrogen) atoms. The fourth-order valence-corrected chi connectivity index (χ4v) is 4.64. The molecule has 1 aliphatic rings. The highest BCUT2D eigenvalue weighted by Crippen LogP contribution is 2.32. The van der Waals surface area contributed by atoms with Crippen molar-refractivity contribution >= 4 is 34.0 Å². The Bertz CT molecular complexity index is 1110. The molecule has 0 atom stereocenters. The fraction of sp³-hybridized carbons (Fsp3) is 0.438. The number of hydrogen-bond donors (Lipinski definition) is 1. The monoisotopic (exact) mass is 540 g/mol. The molecule has 0 bridgehead atoms. The molecule has 0 unspecified atom stereocenters. The minimum absolute atomic E-state index is 0.0863. The van der Waals surface area contributed by atoms with E-state index < -0.39 is 5.82 Å². The molecular formula is C32H46ClFN4. The topological polar surface area (TPSA) is 41.1 Å². The summed E-state index contributed by atoms with van der Waals surface area (Å²) in [5.74, 6) is 0.992. The van der Waals surface area contributed by atoms with Gasteiger partial charge in [-0.1, -0.05) is 39.3 Å². The van der Waals surface area contributed by atoms with Crippen LogP contribution in [-0.4, -0.2) is 35.0 Å². The zero-order valence-corrected chi connectivity index (χ0v) is 25.1. The molecule has 1 aromatic heterocycles. The minimum Gasteiger partial charge on any atom is -0.340 e. The van der Waals surface area contributed by atoms with Gasteiger partial charge in [-0.3, -0.25) is 0 Å². The molecule has 208 valence electrons. The number of hydrogen-bond acceptors (Lipinski definition) is 4. The van der Waals surface area contributed by atoms with Gasteiger partial charge in [-0.2, -0.15) is 0 Å². The Morgan fingerprint density at radius 1 is 1.00 bits per heavy atom. The Kier molecular flexibility index (Phi) is 17.7. The van der Waals surface area contributed by atoms with E-state index in [0.29, 0.717) is 23.5 Å². The van der Waals surface area contributed by atoms with Crippen LogP contribution < -0.4 is 5.32 Å². The van der Waals surface area contributed by atoms with Crippen LogP contribution in [0.25, 0.3) is 10.9 Å². The molecule has 0 radical (unpaired) electrons. The van der Waals surface area contributed by atoms with Gasteiger partial charge in [-0.25, -0.2) is 14.4 Å². The van der Waals surface area contributed by atoms with E-state index in [1.54, 1.807) is 18.5 Å². The Labute approximate surface area is 235 Å². The summed E-state index contributed by atoms with van der Waals surface area (Å²) < 4.78 is 13.5. The number of anilines is 2. The molecule has 1 N–H and O–H groups in total. The standard InChI is InChI=1S/C24H28ClFN4.2C2H6.C2H4.C2H2/c1-15-10-23-20(12-17(15)11-16-4-7-19(8-5-16)30(2)3)24(28-14-27-23)29-18-6-9-22(26)21(25)13-18;4*1-2/h6,9-10,12-14,16,19H,4-5,7-8,11H2,1-3H3,(H,27,28,29);2*1-2H3;1-2H2;1-2H. The summed E-state index contributed by atoms with van der Waals surface area (Å²) in [6.07, 6.45) is 15.7.